The van der Waals surface area contributed by atoms with Crippen LogP contribution in [0.15, 0.2) is 11.6 Å². The van der Waals surface area contributed by atoms with E-state index in [2.05, 4.69) is 4.57 Å². The molecule has 2 atom stereocenters. The molecule has 1 aromatic rings. The van der Waals surface area contributed by atoms with E-state index in [-0.39, 0.29) is 11.6 Å². The summed E-state index contributed by atoms with van der Waals surface area (Å²) in [4.78, 5) is 23.0. The lowest BCUT2D eigenvalue weighted by Gasteiger charge is -2.17. The van der Waals surface area contributed by atoms with Crippen molar-refractivity contribution in [2.75, 3.05) is 13.7 Å². The third-order valence-corrected chi connectivity index (χ3v) is 3.70. The minimum absolute atomic E-state index is 0.115. The van der Waals surface area contributed by atoms with Gasteiger partial charge in [-0.3, -0.25) is 4.79 Å². The monoisotopic (exact) mass is 333 g/mol. The molecule has 7 nitrogen and oxygen atoms in total. The minimum Gasteiger partial charge on any atom is -0.448 e. The van der Waals surface area contributed by atoms with E-state index in [0.29, 0.717) is 6.61 Å². The SMILES string of the molecule is COC[C@H](C)n1c(C)cc(/C=C(\C#N)C(=O)O[C@H](C)C(N)=O)c1C. The van der Waals surface area contributed by atoms with Gasteiger partial charge in [-0.25, -0.2) is 4.79 Å². The maximum absolute atomic E-state index is 12.0. The van der Waals surface area contributed by atoms with E-state index < -0.39 is 18.0 Å². The van der Waals surface area contributed by atoms with Gasteiger partial charge in [0.2, 0.25) is 0 Å². The smallest absolute Gasteiger partial charge is 0.349 e. The van der Waals surface area contributed by atoms with E-state index in [1.165, 1.54) is 13.0 Å². The molecule has 0 spiro atoms. The molecule has 0 radical (unpaired) electrons. The van der Waals surface area contributed by atoms with E-state index in [9.17, 15) is 14.9 Å². The Hall–Kier alpha value is -2.59. The van der Waals surface area contributed by atoms with Gasteiger partial charge in [-0.15, -0.1) is 0 Å². The van der Waals surface area contributed by atoms with E-state index in [0.717, 1.165) is 17.0 Å². The molecular weight excluding hydrogens is 310 g/mol. The molecule has 0 bridgehead atoms. The van der Waals surface area contributed by atoms with Gasteiger partial charge in [-0.2, -0.15) is 5.26 Å². The largest absolute Gasteiger partial charge is 0.448 e. The molecule has 1 amide bonds. The summed E-state index contributed by atoms with van der Waals surface area (Å²) in [6, 6.07) is 3.80. The number of nitrogens with two attached hydrogens (primary N) is 1. The van der Waals surface area contributed by atoms with E-state index >= 15 is 0 Å². The van der Waals surface area contributed by atoms with Crippen LogP contribution < -0.4 is 5.73 Å². The Morgan fingerprint density at radius 2 is 2.04 bits per heavy atom. The quantitative estimate of drug-likeness (QED) is 0.463. The number of hydrogen-bond acceptors (Lipinski definition) is 5. The van der Waals surface area contributed by atoms with Gasteiger partial charge < -0.3 is 19.8 Å². The van der Waals surface area contributed by atoms with Crippen molar-refractivity contribution < 1.29 is 19.1 Å². The second-order valence-electron chi connectivity index (χ2n) is 5.62. The number of nitrogens with zero attached hydrogens (tertiary/aromatic N) is 2. The molecule has 0 unspecified atom stereocenters. The van der Waals surface area contributed by atoms with Crippen LogP contribution in [-0.4, -0.2) is 36.3 Å². The Kier molecular flexibility index (Phi) is 6.74. The molecule has 0 saturated carbocycles. The number of carbonyl (C=O) groups is 2. The number of hydrogen-bond donors (Lipinski definition) is 1. The minimum atomic E-state index is -1.09. The van der Waals surface area contributed by atoms with Crippen LogP contribution in [0.4, 0.5) is 0 Å². The van der Waals surface area contributed by atoms with Crippen molar-refractivity contribution in [3.05, 3.63) is 28.6 Å². The Balaban J connectivity index is 3.14. The second kappa shape index (κ2) is 8.31. The molecule has 130 valence electrons. The Morgan fingerprint density at radius 3 is 2.54 bits per heavy atom. The number of aromatic nitrogens is 1. The fourth-order valence-corrected chi connectivity index (χ4v) is 2.52. The summed E-state index contributed by atoms with van der Waals surface area (Å²) in [5.41, 5.74) is 7.48. The third-order valence-electron chi connectivity index (χ3n) is 3.70. The number of amides is 1. The molecule has 0 aromatic carbocycles. The Morgan fingerprint density at radius 1 is 1.42 bits per heavy atom. The second-order valence-corrected chi connectivity index (χ2v) is 5.62. The number of esters is 1. The molecule has 0 aliphatic rings. The van der Waals surface area contributed by atoms with Crippen molar-refractivity contribution >= 4 is 18.0 Å². The van der Waals surface area contributed by atoms with Gasteiger partial charge in [0, 0.05) is 18.5 Å². The summed E-state index contributed by atoms with van der Waals surface area (Å²) < 4.78 is 12.1. The van der Waals surface area contributed by atoms with Crippen LogP contribution in [-0.2, 0) is 19.1 Å². The van der Waals surface area contributed by atoms with Gasteiger partial charge in [0.1, 0.15) is 11.6 Å². The lowest BCUT2D eigenvalue weighted by Crippen LogP contribution is -2.30. The van der Waals surface area contributed by atoms with Crippen molar-refractivity contribution in [1.82, 2.24) is 4.57 Å². The summed E-state index contributed by atoms with van der Waals surface area (Å²) in [6.45, 7) is 7.76. The number of primary amides is 1. The standard InChI is InChI=1S/C17H23N3O4/c1-10-6-14(12(3)20(10)11(2)9-23-5)7-15(8-18)17(22)24-13(4)16(19)21/h6-7,11,13H,9H2,1-5H3,(H2,19,21)/b15-7+/t11-,13+/m0/s1. The zero-order valence-electron chi connectivity index (χ0n) is 14.6. The normalized spacial score (nSPS) is 13.9. The highest BCUT2D eigenvalue weighted by Crippen LogP contribution is 2.23. The number of ether oxygens (including phenoxy) is 2. The van der Waals surface area contributed by atoms with Gasteiger partial charge in [0.25, 0.3) is 5.91 Å². The van der Waals surface area contributed by atoms with Crippen molar-refractivity contribution in [2.24, 2.45) is 5.73 Å². The molecule has 1 rings (SSSR count). The first-order valence-electron chi connectivity index (χ1n) is 7.52. The number of nitriles is 1. The van der Waals surface area contributed by atoms with Gasteiger partial charge in [0.15, 0.2) is 6.10 Å². The zero-order valence-corrected chi connectivity index (χ0v) is 14.6. The predicted molar refractivity (Wildman–Crippen MR) is 88.8 cm³/mol. The summed E-state index contributed by atoms with van der Waals surface area (Å²) in [6.07, 6.45) is 0.359. The highest BCUT2D eigenvalue weighted by Gasteiger charge is 2.20. The van der Waals surface area contributed by atoms with Gasteiger partial charge in [0.05, 0.1) is 12.6 Å². The van der Waals surface area contributed by atoms with E-state index in [1.54, 1.807) is 13.2 Å². The van der Waals surface area contributed by atoms with Crippen LogP contribution in [0.2, 0.25) is 0 Å². The Labute approximate surface area is 141 Å². The first kappa shape index (κ1) is 19.5. The number of methoxy groups -OCH3 is 1. The maximum Gasteiger partial charge on any atom is 0.349 e. The summed E-state index contributed by atoms with van der Waals surface area (Å²) in [7, 11) is 1.63. The van der Waals surface area contributed by atoms with Crippen LogP contribution in [0.25, 0.3) is 6.08 Å². The van der Waals surface area contributed by atoms with Crippen LogP contribution in [0.5, 0.6) is 0 Å². The van der Waals surface area contributed by atoms with Crippen molar-refractivity contribution in [3.63, 3.8) is 0 Å². The summed E-state index contributed by atoms with van der Waals surface area (Å²) in [5, 5.41) is 9.21. The zero-order chi connectivity index (χ0) is 18.4. The highest BCUT2D eigenvalue weighted by molar-refractivity contribution is 5.99. The topological polar surface area (TPSA) is 107 Å². The molecule has 0 saturated heterocycles. The average molecular weight is 333 g/mol. The lowest BCUT2D eigenvalue weighted by molar-refractivity contribution is -0.149. The molecule has 0 aliphatic carbocycles. The van der Waals surface area contributed by atoms with Crippen molar-refractivity contribution in [2.45, 2.75) is 39.8 Å². The molecule has 2 N–H and O–H groups in total. The van der Waals surface area contributed by atoms with Crippen LogP contribution in [0.3, 0.4) is 0 Å². The van der Waals surface area contributed by atoms with Crippen LogP contribution in [0, 0.1) is 25.2 Å². The molecule has 0 fully saturated rings. The average Bonchev–Trinajstić information content (AvgIpc) is 2.78. The lowest BCUT2D eigenvalue weighted by atomic mass is 10.1. The van der Waals surface area contributed by atoms with Crippen LogP contribution in [0.1, 0.15) is 36.8 Å². The number of aryl methyl sites for hydroxylation is 1. The number of carbonyl (C=O) groups excluding carboxylic acids is 2. The predicted octanol–water partition coefficient (Wildman–Crippen LogP) is 1.64. The van der Waals surface area contributed by atoms with Crippen molar-refractivity contribution in [1.29, 1.82) is 5.26 Å². The molecule has 1 heterocycles. The van der Waals surface area contributed by atoms with Gasteiger partial charge in [-0.1, -0.05) is 0 Å². The van der Waals surface area contributed by atoms with Crippen LogP contribution >= 0.6 is 0 Å². The fraction of sp³-hybridized carbons (Fsp3) is 0.471. The van der Waals surface area contributed by atoms with Gasteiger partial charge >= 0.3 is 5.97 Å². The Bertz CT molecular complexity index is 697. The fourth-order valence-electron chi connectivity index (χ4n) is 2.52. The van der Waals surface area contributed by atoms with E-state index in [4.69, 9.17) is 15.2 Å². The third kappa shape index (κ3) is 4.46. The number of rotatable bonds is 7. The van der Waals surface area contributed by atoms with Gasteiger partial charge in [-0.05, 0) is 45.4 Å². The highest BCUT2D eigenvalue weighted by atomic mass is 16.5. The first-order valence-corrected chi connectivity index (χ1v) is 7.52. The molecule has 1 aromatic heterocycles. The van der Waals surface area contributed by atoms with Crippen molar-refractivity contribution in [3.8, 4) is 6.07 Å². The summed E-state index contributed by atoms with van der Waals surface area (Å²) >= 11 is 0. The maximum atomic E-state index is 12.0. The molecule has 24 heavy (non-hydrogen) atoms. The van der Waals surface area contributed by atoms with E-state index in [1.807, 2.05) is 26.8 Å². The molecule has 0 aliphatic heterocycles. The molecular formula is C17H23N3O4. The molecule has 7 heteroatoms. The summed E-state index contributed by atoms with van der Waals surface area (Å²) in [5.74, 6) is -1.65. The first-order chi connectivity index (χ1) is 11.2.